The van der Waals surface area contributed by atoms with Crippen LogP contribution in [0.4, 0.5) is 0 Å². The van der Waals surface area contributed by atoms with E-state index in [9.17, 15) is 0 Å². The Bertz CT molecular complexity index is 334. The van der Waals surface area contributed by atoms with Gasteiger partial charge in [0.1, 0.15) is 0 Å². The zero-order valence-electron chi connectivity index (χ0n) is 15.2. The molecule has 6 atom stereocenters. The highest BCUT2D eigenvalue weighted by Crippen LogP contribution is 2.55. The first kappa shape index (κ1) is 17.1. The topological polar surface area (TPSA) is 0 Å². The lowest BCUT2D eigenvalue weighted by Gasteiger charge is -2.41. The Morgan fingerprint density at radius 2 is 1.62 bits per heavy atom. The lowest BCUT2D eigenvalue weighted by molar-refractivity contribution is 0.0952. The molecule has 0 heteroatoms. The van der Waals surface area contributed by atoms with Gasteiger partial charge in [0.15, 0.2) is 0 Å². The van der Waals surface area contributed by atoms with Gasteiger partial charge in [-0.05, 0) is 60.7 Å². The summed E-state index contributed by atoms with van der Waals surface area (Å²) in [5.74, 6) is 6.27. The van der Waals surface area contributed by atoms with Gasteiger partial charge in [0, 0.05) is 0 Å². The predicted octanol–water partition coefficient (Wildman–Crippen LogP) is 6.71. The average molecular weight is 291 g/mol. The molecule has 2 aliphatic rings. The van der Waals surface area contributed by atoms with Crippen LogP contribution in [-0.2, 0) is 0 Å². The Morgan fingerprint density at radius 3 is 2.19 bits per heavy atom. The van der Waals surface area contributed by atoms with Gasteiger partial charge in [-0.3, -0.25) is 0 Å². The van der Waals surface area contributed by atoms with Crippen molar-refractivity contribution in [3.05, 3.63) is 12.2 Å². The number of rotatable bonds is 6. The molecule has 21 heavy (non-hydrogen) atoms. The highest BCUT2D eigenvalue weighted by atomic mass is 14.5. The van der Waals surface area contributed by atoms with E-state index in [2.05, 4.69) is 41.2 Å². The van der Waals surface area contributed by atoms with Crippen molar-refractivity contribution >= 4 is 0 Å². The van der Waals surface area contributed by atoms with E-state index in [1.54, 1.807) is 5.57 Å². The van der Waals surface area contributed by atoms with E-state index in [1.165, 1.54) is 44.9 Å². The number of hydrogen-bond donors (Lipinski definition) is 0. The zero-order valence-corrected chi connectivity index (χ0v) is 15.2. The summed E-state index contributed by atoms with van der Waals surface area (Å²) in [6, 6.07) is 0. The molecule has 0 nitrogen and oxygen atoms in total. The molecule has 0 spiro atoms. The first-order chi connectivity index (χ1) is 9.99. The summed E-state index contributed by atoms with van der Waals surface area (Å²) >= 11 is 0. The van der Waals surface area contributed by atoms with Crippen LogP contribution in [0.25, 0.3) is 0 Å². The molecule has 0 radical (unpaired) electrons. The van der Waals surface area contributed by atoms with Crippen LogP contribution in [0, 0.1) is 41.4 Å². The first-order valence-electron chi connectivity index (χ1n) is 9.68. The van der Waals surface area contributed by atoms with Crippen molar-refractivity contribution in [2.45, 2.75) is 79.6 Å². The summed E-state index contributed by atoms with van der Waals surface area (Å²) < 4.78 is 0. The lowest BCUT2D eigenvalue weighted by atomic mass is 9.64. The highest BCUT2D eigenvalue weighted by Gasteiger charge is 2.46. The van der Waals surface area contributed by atoms with Crippen LogP contribution in [0.5, 0.6) is 0 Å². The number of hydrogen-bond acceptors (Lipinski definition) is 0. The Balaban J connectivity index is 2.02. The summed E-state index contributed by atoms with van der Waals surface area (Å²) in [5.41, 5.74) is 1.64. The quantitative estimate of drug-likeness (QED) is 0.477. The maximum atomic E-state index is 4.59. The van der Waals surface area contributed by atoms with Crippen molar-refractivity contribution < 1.29 is 0 Å². The van der Waals surface area contributed by atoms with E-state index in [0.717, 1.165) is 41.4 Å². The summed E-state index contributed by atoms with van der Waals surface area (Å²) in [7, 11) is 0. The van der Waals surface area contributed by atoms with Crippen molar-refractivity contribution in [1.82, 2.24) is 0 Å². The Kier molecular flexibility index (Phi) is 5.97. The Labute approximate surface area is 133 Å². The number of fused-ring (bicyclic) bond motifs is 1. The second-order valence-electron chi connectivity index (χ2n) is 8.39. The molecule has 0 aromatic rings. The SMILES string of the molecule is C=C1C(CC(CCC)CCC)CC2C1CC(C)C(C)C2C. The van der Waals surface area contributed by atoms with Crippen molar-refractivity contribution in [2.75, 3.05) is 0 Å². The molecule has 2 aliphatic carbocycles. The molecule has 0 heterocycles. The minimum absolute atomic E-state index is 0.836. The molecular weight excluding hydrogens is 252 g/mol. The van der Waals surface area contributed by atoms with Gasteiger partial charge in [-0.1, -0.05) is 72.5 Å². The van der Waals surface area contributed by atoms with Gasteiger partial charge in [-0.2, -0.15) is 0 Å². The Hall–Kier alpha value is -0.260. The van der Waals surface area contributed by atoms with Crippen LogP contribution < -0.4 is 0 Å². The molecular formula is C21H38. The molecule has 0 aromatic heterocycles. The maximum Gasteiger partial charge on any atom is -0.0169 e. The first-order valence-corrected chi connectivity index (χ1v) is 9.68. The van der Waals surface area contributed by atoms with Crippen molar-refractivity contribution in [1.29, 1.82) is 0 Å². The van der Waals surface area contributed by atoms with Crippen LogP contribution in [-0.4, -0.2) is 0 Å². The summed E-state index contributed by atoms with van der Waals surface area (Å²) in [6.07, 6.45) is 9.85. The van der Waals surface area contributed by atoms with Crippen molar-refractivity contribution in [3.63, 3.8) is 0 Å². The molecule has 2 saturated carbocycles. The van der Waals surface area contributed by atoms with Gasteiger partial charge in [0.2, 0.25) is 0 Å². The van der Waals surface area contributed by atoms with Crippen LogP contribution in [0.15, 0.2) is 12.2 Å². The largest absolute Gasteiger partial charge is 0.0993 e. The van der Waals surface area contributed by atoms with E-state index < -0.39 is 0 Å². The number of allylic oxidation sites excluding steroid dienone is 1. The van der Waals surface area contributed by atoms with Crippen LogP contribution in [0.3, 0.4) is 0 Å². The third kappa shape index (κ3) is 3.57. The fraction of sp³-hybridized carbons (Fsp3) is 0.905. The van der Waals surface area contributed by atoms with Gasteiger partial charge >= 0.3 is 0 Å². The minimum atomic E-state index is 0.836. The molecule has 0 saturated heterocycles. The minimum Gasteiger partial charge on any atom is -0.0993 e. The lowest BCUT2D eigenvalue weighted by Crippen LogP contribution is -2.34. The zero-order chi connectivity index (χ0) is 15.6. The van der Waals surface area contributed by atoms with E-state index in [-0.39, 0.29) is 0 Å². The smallest absolute Gasteiger partial charge is 0.0169 e. The average Bonchev–Trinajstić information content (AvgIpc) is 2.75. The van der Waals surface area contributed by atoms with Gasteiger partial charge in [-0.15, -0.1) is 0 Å². The normalized spacial score (nSPS) is 39.8. The van der Waals surface area contributed by atoms with Crippen molar-refractivity contribution in [2.24, 2.45) is 41.4 Å². The van der Waals surface area contributed by atoms with Crippen molar-refractivity contribution in [3.8, 4) is 0 Å². The predicted molar refractivity (Wildman–Crippen MR) is 94.3 cm³/mol. The van der Waals surface area contributed by atoms with E-state index >= 15 is 0 Å². The molecule has 6 unspecified atom stereocenters. The molecule has 0 bridgehead atoms. The molecule has 0 amide bonds. The molecule has 0 aromatic carbocycles. The fourth-order valence-corrected chi connectivity index (χ4v) is 5.50. The standard InChI is InChI=1S/C21H38/c1-7-9-18(10-8-2)12-19-13-21-16(5)15(4)14(3)11-20(21)17(19)6/h14-16,18-21H,6-13H2,1-5H3. The summed E-state index contributed by atoms with van der Waals surface area (Å²) in [5, 5.41) is 0. The van der Waals surface area contributed by atoms with E-state index in [0.29, 0.717) is 0 Å². The third-order valence-electron chi connectivity index (χ3n) is 7.11. The molecule has 0 aliphatic heterocycles. The molecule has 122 valence electrons. The van der Waals surface area contributed by atoms with Gasteiger partial charge in [0.25, 0.3) is 0 Å². The monoisotopic (exact) mass is 290 g/mol. The summed E-state index contributed by atoms with van der Waals surface area (Å²) in [6.45, 7) is 16.7. The van der Waals surface area contributed by atoms with Gasteiger partial charge in [-0.25, -0.2) is 0 Å². The fourth-order valence-electron chi connectivity index (χ4n) is 5.50. The molecule has 2 fully saturated rings. The Morgan fingerprint density at radius 1 is 1.00 bits per heavy atom. The second-order valence-corrected chi connectivity index (χ2v) is 8.39. The summed E-state index contributed by atoms with van der Waals surface area (Å²) in [4.78, 5) is 0. The van der Waals surface area contributed by atoms with Gasteiger partial charge < -0.3 is 0 Å². The second kappa shape index (κ2) is 7.34. The van der Waals surface area contributed by atoms with Crippen LogP contribution >= 0.6 is 0 Å². The van der Waals surface area contributed by atoms with E-state index in [4.69, 9.17) is 0 Å². The van der Waals surface area contributed by atoms with Gasteiger partial charge in [0.05, 0.1) is 0 Å². The van der Waals surface area contributed by atoms with E-state index in [1.807, 2.05) is 0 Å². The molecule has 0 N–H and O–H groups in total. The van der Waals surface area contributed by atoms with Crippen LogP contribution in [0.2, 0.25) is 0 Å². The highest BCUT2D eigenvalue weighted by molar-refractivity contribution is 5.17. The molecule has 2 rings (SSSR count). The van der Waals surface area contributed by atoms with Crippen LogP contribution in [0.1, 0.15) is 79.6 Å². The third-order valence-corrected chi connectivity index (χ3v) is 7.11. The maximum absolute atomic E-state index is 4.59.